The van der Waals surface area contributed by atoms with Gasteiger partial charge in [-0.3, -0.25) is 0 Å². The number of benzene rings is 4. The van der Waals surface area contributed by atoms with Gasteiger partial charge in [0.1, 0.15) is 17.2 Å². The minimum atomic E-state index is -0.710. The van der Waals surface area contributed by atoms with Gasteiger partial charge in [0.25, 0.3) is 0 Å². The topological polar surface area (TPSA) is 76.0 Å². The number of phenolic OH excluding ortho intramolecular Hbond substituents is 2. The summed E-state index contributed by atoms with van der Waals surface area (Å²) >= 11 is 0. The quantitative estimate of drug-likeness (QED) is 0.285. The van der Waals surface area contributed by atoms with Crippen LogP contribution in [0.25, 0.3) is 22.3 Å². The molecule has 0 unspecified atom stereocenters. The molecular weight excluding hydrogens is 404 g/mol. The van der Waals surface area contributed by atoms with Gasteiger partial charge in [0.05, 0.1) is 7.11 Å². The van der Waals surface area contributed by atoms with Gasteiger partial charge in [-0.15, -0.1) is 0 Å². The minimum Gasteiger partial charge on any atom is -0.508 e. The van der Waals surface area contributed by atoms with E-state index in [2.05, 4.69) is 35.9 Å². The van der Waals surface area contributed by atoms with E-state index in [1.807, 2.05) is 36.4 Å². The molecule has 5 heteroatoms. The molecule has 0 aliphatic carbocycles. The van der Waals surface area contributed by atoms with Crippen molar-refractivity contribution in [3.8, 4) is 39.5 Å². The highest BCUT2D eigenvalue weighted by Gasteiger charge is 2.04. The highest BCUT2D eigenvalue weighted by Crippen LogP contribution is 2.24. The third kappa shape index (κ3) is 6.37. The van der Waals surface area contributed by atoms with Gasteiger partial charge >= 0.3 is 6.16 Å². The predicted octanol–water partition coefficient (Wildman–Crippen LogP) is 6.57. The Labute approximate surface area is 187 Å². The molecule has 0 atom stereocenters. The third-order valence-electron chi connectivity index (χ3n) is 4.68. The molecule has 0 heterocycles. The first-order chi connectivity index (χ1) is 15.4. The molecule has 0 saturated carbocycles. The van der Waals surface area contributed by atoms with Crippen molar-refractivity contribution in [1.82, 2.24) is 0 Å². The van der Waals surface area contributed by atoms with E-state index in [1.54, 1.807) is 36.4 Å². The van der Waals surface area contributed by atoms with Crippen molar-refractivity contribution in [3.63, 3.8) is 0 Å². The molecule has 4 aromatic rings. The Morgan fingerprint density at radius 3 is 1.31 bits per heavy atom. The second kappa shape index (κ2) is 10.7. The van der Waals surface area contributed by atoms with E-state index in [-0.39, 0.29) is 11.5 Å². The SMILES string of the molecule is COC(=O)Oc1ccc(-c2ccc(C)cc2)cc1.Oc1ccc(-c2ccc(O)cc2)cc1. The van der Waals surface area contributed by atoms with E-state index < -0.39 is 6.16 Å². The molecule has 5 nitrogen and oxygen atoms in total. The maximum absolute atomic E-state index is 10.9. The number of carbonyl (C=O) groups excluding carboxylic acids is 1. The highest BCUT2D eigenvalue weighted by atomic mass is 16.7. The average Bonchev–Trinajstić information content (AvgIpc) is 2.82. The molecule has 4 rings (SSSR count). The molecule has 0 radical (unpaired) electrons. The summed E-state index contributed by atoms with van der Waals surface area (Å²) in [5.41, 5.74) is 5.47. The van der Waals surface area contributed by atoms with Gasteiger partial charge in [-0.05, 0) is 65.6 Å². The predicted molar refractivity (Wildman–Crippen MR) is 125 cm³/mol. The van der Waals surface area contributed by atoms with Crippen LogP contribution in [-0.2, 0) is 4.74 Å². The Kier molecular flexibility index (Phi) is 7.49. The lowest BCUT2D eigenvalue weighted by molar-refractivity contribution is 0.121. The molecule has 162 valence electrons. The molecular formula is C27H24O5. The van der Waals surface area contributed by atoms with Crippen LogP contribution in [0.5, 0.6) is 17.2 Å². The van der Waals surface area contributed by atoms with Crippen molar-refractivity contribution in [2.45, 2.75) is 6.92 Å². The van der Waals surface area contributed by atoms with Crippen molar-refractivity contribution >= 4 is 6.16 Å². The first-order valence-electron chi connectivity index (χ1n) is 9.96. The molecule has 0 aliphatic heterocycles. The maximum Gasteiger partial charge on any atom is 0.513 e. The number of carbonyl (C=O) groups is 1. The first-order valence-corrected chi connectivity index (χ1v) is 9.96. The van der Waals surface area contributed by atoms with Crippen LogP contribution in [0.3, 0.4) is 0 Å². The number of ether oxygens (including phenoxy) is 2. The maximum atomic E-state index is 10.9. The van der Waals surface area contributed by atoms with Gasteiger partial charge in [0.2, 0.25) is 0 Å². The number of aromatic hydroxyl groups is 2. The summed E-state index contributed by atoms with van der Waals surface area (Å²) in [5.74, 6) is 0.984. The zero-order valence-corrected chi connectivity index (χ0v) is 17.9. The average molecular weight is 428 g/mol. The van der Waals surface area contributed by atoms with Crippen molar-refractivity contribution in [2.24, 2.45) is 0 Å². The van der Waals surface area contributed by atoms with Crippen molar-refractivity contribution < 1.29 is 24.5 Å². The van der Waals surface area contributed by atoms with Crippen molar-refractivity contribution in [1.29, 1.82) is 0 Å². The summed E-state index contributed by atoms with van der Waals surface area (Å²) in [6.45, 7) is 2.05. The fraction of sp³-hybridized carbons (Fsp3) is 0.0741. The molecule has 0 fully saturated rings. The van der Waals surface area contributed by atoms with Crippen molar-refractivity contribution in [3.05, 3.63) is 103 Å². The van der Waals surface area contributed by atoms with E-state index in [1.165, 1.54) is 12.7 Å². The molecule has 2 N–H and O–H groups in total. The molecule has 4 aromatic carbocycles. The standard InChI is InChI=1S/C15H14O3.C12H10O2/c1-11-3-5-12(6-4-11)13-7-9-14(10-8-13)18-15(16)17-2;13-11-5-1-9(2-6-11)10-3-7-12(14)8-4-10/h3-10H,1-2H3;1-8,13-14H. The highest BCUT2D eigenvalue weighted by molar-refractivity contribution is 5.67. The number of phenols is 2. The molecule has 0 aromatic heterocycles. The number of aryl methyl sites for hydroxylation is 1. The lowest BCUT2D eigenvalue weighted by atomic mass is 10.0. The van der Waals surface area contributed by atoms with Gasteiger partial charge in [-0.25, -0.2) is 4.79 Å². The zero-order chi connectivity index (χ0) is 22.9. The fourth-order valence-electron chi connectivity index (χ4n) is 2.91. The summed E-state index contributed by atoms with van der Waals surface area (Å²) in [7, 11) is 1.28. The lowest BCUT2D eigenvalue weighted by Crippen LogP contribution is -2.06. The van der Waals surface area contributed by atoms with Gasteiger partial charge in [0, 0.05) is 0 Å². The minimum absolute atomic E-state index is 0.257. The Hall–Kier alpha value is -4.25. The smallest absolute Gasteiger partial charge is 0.508 e. The van der Waals surface area contributed by atoms with Crippen molar-refractivity contribution in [2.75, 3.05) is 7.11 Å². The molecule has 32 heavy (non-hydrogen) atoms. The second-order valence-corrected chi connectivity index (χ2v) is 7.04. The summed E-state index contributed by atoms with van der Waals surface area (Å²) < 4.78 is 9.33. The molecule has 0 bridgehead atoms. The van der Waals surface area contributed by atoms with Crippen LogP contribution in [0, 0.1) is 6.92 Å². The number of methoxy groups -OCH3 is 1. The second-order valence-electron chi connectivity index (χ2n) is 7.04. The summed E-state index contributed by atoms with van der Waals surface area (Å²) in [4.78, 5) is 10.9. The Morgan fingerprint density at radius 2 is 0.938 bits per heavy atom. The van der Waals surface area contributed by atoms with Gasteiger partial charge in [-0.2, -0.15) is 0 Å². The molecule has 0 saturated heterocycles. The number of rotatable bonds is 3. The van der Waals surface area contributed by atoms with Crippen LogP contribution in [0.4, 0.5) is 4.79 Å². The van der Waals surface area contributed by atoms with Gasteiger partial charge in [-0.1, -0.05) is 66.2 Å². The van der Waals surface area contributed by atoms with E-state index >= 15 is 0 Å². The van der Waals surface area contributed by atoms with E-state index in [9.17, 15) is 4.79 Å². The van der Waals surface area contributed by atoms with E-state index in [0.29, 0.717) is 5.75 Å². The van der Waals surface area contributed by atoms with Crippen LogP contribution >= 0.6 is 0 Å². The molecule has 0 aliphatic rings. The third-order valence-corrected chi connectivity index (χ3v) is 4.68. The Morgan fingerprint density at radius 1 is 0.594 bits per heavy atom. The van der Waals surface area contributed by atoms with E-state index in [4.69, 9.17) is 14.9 Å². The van der Waals surface area contributed by atoms with Crippen LogP contribution in [-0.4, -0.2) is 23.5 Å². The lowest BCUT2D eigenvalue weighted by Gasteiger charge is -2.05. The van der Waals surface area contributed by atoms with Crippen LogP contribution in [0.1, 0.15) is 5.56 Å². The molecule has 0 amide bonds. The summed E-state index contributed by atoms with van der Waals surface area (Å²) in [6, 6.07) is 29.4. The summed E-state index contributed by atoms with van der Waals surface area (Å²) in [6.07, 6.45) is -0.710. The zero-order valence-electron chi connectivity index (χ0n) is 17.9. The Bertz CT molecular complexity index is 1090. The monoisotopic (exact) mass is 428 g/mol. The van der Waals surface area contributed by atoms with Crippen LogP contribution in [0.15, 0.2) is 97.1 Å². The normalized spacial score (nSPS) is 9.94. The molecule has 0 spiro atoms. The van der Waals surface area contributed by atoms with Crippen LogP contribution in [0.2, 0.25) is 0 Å². The van der Waals surface area contributed by atoms with Crippen LogP contribution < -0.4 is 4.74 Å². The number of hydrogen-bond acceptors (Lipinski definition) is 5. The van der Waals surface area contributed by atoms with Gasteiger partial charge < -0.3 is 19.7 Å². The number of hydrogen-bond donors (Lipinski definition) is 2. The summed E-state index contributed by atoms with van der Waals surface area (Å²) in [5, 5.41) is 18.2. The largest absolute Gasteiger partial charge is 0.513 e. The van der Waals surface area contributed by atoms with Gasteiger partial charge in [0.15, 0.2) is 0 Å². The fourth-order valence-corrected chi connectivity index (χ4v) is 2.91. The van der Waals surface area contributed by atoms with E-state index in [0.717, 1.165) is 22.3 Å². The Balaban J connectivity index is 0.000000186. The first kappa shape index (κ1) is 22.4.